The Balaban J connectivity index is 1.78. The van der Waals surface area contributed by atoms with Gasteiger partial charge in [0.2, 0.25) is 0 Å². The van der Waals surface area contributed by atoms with Gasteiger partial charge in [-0.1, -0.05) is 25.1 Å². The standard InChI is InChI=1S/C15H22N6/c1-3-13-11-19(2)9-10-20(13)12-15-16-17-18-21(15)14-7-5-4-6-8-14/h4-8,13H,3,9-12H2,1-2H3/t13-/m1/s1. The highest BCUT2D eigenvalue weighted by Gasteiger charge is 2.25. The molecule has 1 saturated heterocycles. The predicted octanol–water partition coefficient (Wildman–Crippen LogP) is 1.19. The first-order chi connectivity index (χ1) is 10.3. The van der Waals surface area contributed by atoms with Gasteiger partial charge in [-0.05, 0) is 36.0 Å². The van der Waals surface area contributed by atoms with Gasteiger partial charge in [0.15, 0.2) is 5.82 Å². The van der Waals surface area contributed by atoms with E-state index in [0.29, 0.717) is 6.04 Å². The number of para-hydroxylation sites is 1. The van der Waals surface area contributed by atoms with Gasteiger partial charge in [-0.15, -0.1) is 5.10 Å². The lowest BCUT2D eigenvalue weighted by Gasteiger charge is -2.39. The molecule has 112 valence electrons. The van der Waals surface area contributed by atoms with Crippen molar-refractivity contribution in [3.8, 4) is 5.69 Å². The Hall–Kier alpha value is -1.79. The van der Waals surface area contributed by atoms with Crippen LogP contribution in [-0.4, -0.2) is 62.7 Å². The van der Waals surface area contributed by atoms with E-state index in [9.17, 15) is 0 Å². The molecule has 0 amide bonds. The Morgan fingerprint density at radius 2 is 2.00 bits per heavy atom. The molecule has 0 spiro atoms. The van der Waals surface area contributed by atoms with Crippen LogP contribution >= 0.6 is 0 Å². The van der Waals surface area contributed by atoms with Crippen LogP contribution in [0.4, 0.5) is 0 Å². The monoisotopic (exact) mass is 286 g/mol. The Kier molecular flexibility index (Phi) is 4.26. The summed E-state index contributed by atoms with van der Waals surface area (Å²) in [5.74, 6) is 0.907. The molecule has 1 aliphatic heterocycles. The second kappa shape index (κ2) is 6.32. The summed E-state index contributed by atoms with van der Waals surface area (Å²) >= 11 is 0. The lowest BCUT2D eigenvalue weighted by atomic mass is 10.1. The van der Waals surface area contributed by atoms with E-state index in [0.717, 1.165) is 44.1 Å². The van der Waals surface area contributed by atoms with Gasteiger partial charge in [-0.2, -0.15) is 4.68 Å². The molecule has 0 aliphatic carbocycles. The summed E-state index contributed by atoms with van der Waals surface area (Å²) in [5, 5.41) is 12.2. The highest BCUT2D eigenvalue weighted by Crippen LogP contribution is 2.16. The third-order valence-corrected chi connectivity index (χ3v) is 4.16. The molecule has 2 heterocycles. The molecule has 0 N–H and O–H groups in total. The fourth-order valence-electron chi connectivity index (χ4n) is 2.90. The largest absolute Gasteiger partial charge is 0.304 e. The lowest BCUT2D eigenvalue weighted by Crippen LogP contribution is -2.51. The molecule has 1 fully saturated rings. The zero-order valence-electron chi connectivity index (χ0n) is 12.7. The van der Waals surface area contributed by atoms with Gasteiger partial charge in [0.05, 0.1) is 12.2 Å². The highest BCUT2D eigenvalue weighted by molar-refractivity contribution is 5.30. The molecule has 0 saturated carbocycles. The number of benzene rings is 1. The summed E-state index contributed by atoms with van der Waals surface area (Å²) in [6.07, 6.45) is 1.15. The van der Waals surface area contributed by atoms with E-state index in [2.05, 4.69) is 39.3 Å². The first-order valence-corrected chi connectivity index (χ1v) is 7.53. The van der Waals surface area contributed by atoms with Crippen molar-refractivity contribution in [1.82, 2.24) is 30.0 Å². The van der Waals surface area contributed by atoms with Crippen molar-refractivity contribution in [3.05, 3.63) is 36.2 Å². The minimum absolute atomic E-state index is 0.574. The maximum Gasteiger partial charge on any atom is 0.170 e. The van der Waals surface area contributed by atoms with E-state index in [1.54, 1.807) is 0 Å². The number of tetrazole rings is 1. The second-order valence-electron chi connectivity index (χ2n) is 5.64. The molecule has 1 atom stereocenters. The number of hydrogen-bond donors (Lipinski definition) is 0. The van der Waals surface area contributed by atoms with Crippen LogP contribution in [0.1, 0.15) is 19.2 Å². The van der Waals surface area contributed by atoms with E-state index in [1.165, 1.54) is 0 Å². The molecular formula is C15H22N6. The van der Waals surface area contributed by atoms with Gasteiger partial charge >= 0.3 is 0 Å². The number of aromatic nitrogens is 4. The second-order valence-corrected chi connectivity index (χ2v) is 5.64. The van der Waals surface area contributed by atoms with Gasteiger partial charge in [0, 0.05) is 25.7 Å². The smallest absolute Gasteiger partial charge is 0.170 e. The van der Waals surface area contributed by atoms with Crippen LogP contribution in [0.2, 0.25) is 0 Å². The van der Waals surface area contributed by atoms with Crippen LogP contribution in [0.15, 0.2) is 30.3 Å². The molecule has 1 aliphatic rings. The molecule has 0 unspecified atom stereocenters. The normalized spacial score (nSPS) is 20.8. The van der Waals surface area contributed by atoms with Crippen LogP contribution in [0.25, 0.3) is 5.69 Å². The first kappa shape index (κ1) is 14.2. The lowest BCUT2D eigenvalue weighted by molar-refractivity contribution is 0.0784. The Labute approximate surface area is 125 Å². The van der Waals surface area contributed by atoms with Crippen molar-refractivity contribution in [2.75, 3.05) is 26.7 Å². The van der Waals surface area contributed by atoms with Crippen molar-refractivity contribution in [2.24, 2.45) is 0 Å². The molecular weight excluding hydrogens is 264 g/mol. The predicted molar refractivity (Wildman–Crippen MR) is 81.1 cm³/mol. The Morgan fingerprint density at radius 3 is 2.76 bits per heavy atom. The maximum atomic E-state index is 4.22. The van der Waals surface area contributed by atoms with Crippen LogP contribution in [0.3, 0.4) is 0 Å². The summed E-state index contributed by atoms with van der Waals surface area (Å²) in [6.45, 7) is 6.33. The van der Waals surface area contributed by atoms with Gasteiger partial charge < -0.3 is 4.90 Å². The molecule has 1 aromatic carbocycles. The number of likely N-dealkylation sites (N-methyl/N-ethyl adjacent to an activating group) is 1. The first-order valence-electron chi connectivity index (χ1n) is 7.53. The van der Waals surface area contributed by atoms with Crippen molar-refractivity contribution < 1.29 is 0 Å². The third kappa shape index (κ3) is 3.11. The van der Waals surface area contributed by atoms with Gasteiger partial charge in [0.25, 0.3) is 0 Å². The fraction of sp³-hybridized carbons (Fsp3) is 0.533. The van der Waals surface area contributed by atoms with Gasteiger partial charge in [0.1, 0.15) is 0 Å². The van der Waals surface area contributed by atoms with E-state index in [4.69, 9.17) is 0 Å². The molecule has 3 rings (SSSR count). The molecule has 0 bridgehead atoms. The molecule has 6 nitrogen and oxygen atoms in total. The van der Waals surface area contributed by atoms with Crippen LogP contribution in [-0.2, 0) is 6.54 Å². The van der Waals surface area contributed by atoms with E-state index >= 15 is 0 Å². The number of rotatable bonds is 4. The van der Waals surface area contributed by atoms with Crippen LogP contribution in [0, 0.1) is 0 Å². The average molecular weight is 286 g/mol. The van der Waals surface area contributed by atoms with Crippen LogP contribution in [0.5, 0.6) is 0 Å². The SMILES string of the molecule is CC[C@@H]1CN(C)CCN1Cc1nnnn1-c1ccccc1. The summed E-state index contributed by atoms with van der Waals surface area (Å²) in [5.41, 5.74) is 1.01. The molecule has 6 heteroatoms. The van der Waals surface area contributed by atoms with Crippen molar-refractivity contribution >= 4 is 0 Å². The van der Waals surface area contributed by atoms with Crippen molar-refractivity contribution in [3.63, 3.8) is 0 Å². The summed E-state index contributed by atoms with van der Waals surface area (Å²) in [4.78, 5) is 4.88. The van der Waals surface area contributed by atoms with E-state index in [1.807, 2.05) is 35.0 Å². The summed E-state index contributed by atoms with van der Waals surface area (Å²) < 4.78 is 1.84. The minimum atomic E-state index is 0.574. The number of nitrogens with zero attached hydrogens (tertiary/aromatic N) is 6. The van der Waals surface area contributed by atoms with Gasteiger partial charge in [-0.3, -0.25) is 4.90 Å². The molecule has 0 radical (unpaired) electrons. The third-order valence-electron chi connectivity index (χ3n) is 4.16. The van der Waals surface area contributed by atoms with Crippen molar-refractivity contribution in [1.29, 1.82) is 0 Å². The van der Waals surface area contributed by atoms with Gasteiger partial charge in [-0.25, -0.2) is 0 Å². The molecule has 2 aromatic rings. The topological polar surface area (TPSA) is 50.1 Å². The van der Waals surface area contributed by atoms with Crippen LogP contribution < -0.4 is 0 Å². The summed E-state index contributed by atoms with van der Waals surface area (Å²) in [6, 6.07) is 10.6. The highest BCUT2D eigenvalue weighted by atomic mass is 15.5. The number of hydrogen-bond acceptors (Lipinski definition) is 5. The zero-order valence-corrected chi connectivity index (χ0v) is 12.7. The average Bonchev–Trinajstić information content (AvgIpc) is 2.98. The summed E-state index contributed by atoms with van der Waals surface area (Å²) in [7, 11) is 2.19. The molecule has 21 heavy (non-hydrogen) atoms. The molecule has 1 aromatic heterocycles. The number of piperazine rings is 1. The zero-order chi connectivity index (χ0) is 14.7. The maximum absolute atomic E-state index is 4.22. The van der Waals surface area contributed by atoms with E-state index in [-0.39, 0.29) is 0 Å². The van der Waals surface area contributed by atoms with E-state index < -0.39 is 0 Å². The fourth-order valence-corrected chi connectivity index (χ4v) is 2.90. The Morgan fingerprint density at radius 1 is 1.19 bits per heavy atom. The van der Waals surface area contributed by atoms with Crippen molar-refractivity contribution in [2.45, 2.75) is 25.9 Å². The quantitative estimate of drug-likeness (QED) is 0.845. The Bertz CT molecular complexity index is 567. The minimum Gasteiger partial charge on any atom is -0.304 e.